The van der Waals surface area contributed by atoms with Gasteiger partial charge in [-0.05, 0) is 66.0 Å². The van der Waals surface area contributed by atoms with Gasteiger partial charge < -0.3 is 19.4 Å². The topological polar surface area (TPSA) is 80.3 Å². The van der Waals surface area contributed by atoms with Crippen molar-refractivity contribution in [2.45, 2.75) is 59.8 Å². The fraction of sp³-hybridized carbons (Fsp3) is 0.611. The summed E-state index contributed by atoms with van der Waals surface area (Å²) in [5.41, 5.74) is 3.84. The number of hydrogen-bond acceptors (Lipinski definition) is 4. The van der Waals surface area contributed by atoms with E-state index in [0.29, 0.717) is 6.42 Å². The van der Waals surface area contributed by atoms with Crippen LogP contribution in [0.4, 0.5) is 0 Å². The van der Waals surface area contributed by atoms with Gasteiger partial charge in [0.15, 0.2) is 0 Å². The molecular weight excluding hydrogens is 389 g/mol. The van der Waals surface area contributed by atoms with Gasteiger partial charge in [-0.1, -0.05) is 34.9 Å². The van der Waals surface area contributed by atoms with Crippen LogP contribution in [0.3, 0.4) is 0 Å². The van der Waals surface area contributed by atoms with Gasteiger partial charge in [0.1, 0.15) is 0 Å². The smallest absolute Gasteiger partial charge is 0.799 e. The minimum Gasteiger partial charge on any atom is -0.799 e. The van der Waals surface area contributed by atoms with E-state index >= 15 is 0 Å². The van der Waals surface area contributed by atoms with Crippen LogP contribution in [0.1, 0.15) is 59.8 Å². The van der Waals surface area contributed by atoms with Crippen LogP contribution >= 0.6 is 7.37 Å². The Bertz CT molecular complexity index is 521. The molecule has 1 atom stereocenters. The maximum Gasteiger partial charge on any atom is 1.00 e. The average molecular weight is 419 g/mol. The number of carboxylic acid groups (broad SMARTS) is 1. The molecule has 0 rings (SSSR count). The molecule has 0 aliphatic carbocycles. The van der Waals surface area contributed by atoms with Gasteiger partial charge in [0.25, 0.3) is 0 Å². The molecule has 0 aromatic heterocycles. The maximum atomic E-state index is 11.4. The summed E-state index contributed by atoms with van der Waals surface area (Å²) < 4.78 is 11.4. The summed E-state index contributed by atoms with van der Waals surface area (Å²) in [6.45, 7) is 8.30. The van der Waals surface area contributed by atoms with Crippen molar-refractivity contribution in [3.63, 3.8) is 0 Å². The summed E-state index contributed by atoms with van der Waals surface area (Å²) in [4.78, 5) is 21.8. The SMILES string of the molecule is CC(C)=CCC/C(C)=C/CC/C(C)=C/CCP(=O)([O-])CC(=O)[O-].[K+].[K+]. The van der Waals surface area contributed by atoms with Crippen molar-refractivity contribution in [3.05, 3.63) is 34.9 Å². The molecule has 0 aromatic carbocycles. The molecule has 0 aliphatic heterocycles. The Hall–Kier alpha value is 2.15. The zero-order chi connectivity index (χ0) is 17.9. The Labute approximate surface area is 238 Å². The van der Waals surface area contributed by atoms with Crippen molar-refractivity contribution in [1.82, 2.24) is 0 Å². The molecule has 0 saturated carbocycles. The summed E-state index contributed by atoms with van der Waals surface area (Å²) in [6.07, 6.45) is 9.69. The summed E-state index contributed by atoms with van der Waals surface area (Å²) >= 11 is 0. The first-order chi connectivity index (χ1) is 10.6. The van der Waals surface area contributed by atoms with E-state index in [9.17, 15) is 19.4 Å². The van der Waals surface area contributed by atoms with Crippen molar-refractivity contribution < 1.29 is 122 Å². The minimum absolute atomic E-state index is 0. The fourth-order valence-electron chi connectivity index (χ4n) is 2.12. The standard InChI is InChI=1S/C18H31O4P.2K/c1-15(2)8-5-9-16(3)10-6-11-17(4)12-7-13-23(21,22)14-18(19)20;;/h8,10,12H,5-7,9,11,13-14H2,1-4H3,(H,19,20)(H,21,22);;/q;2*+1/p-2/b16-10+,17-12+;;. The Kier molecular flexibility index (Phi) is 23.2. The summed E-state index contributed by atoms with van der Waals surface area (Å²) in [5.74, 6) is -1.53. The predicted octanol–water partition coefficient (Wildman–Crippen LogP) is -2.81. The van der Waals surface area contributed by atoms with E-state index in [2.05, 4.69) is 32.9 Å². The summed E-state index contributed by atoms with van der Waals surface area (Å²) in [6, 6.07) is 0. The first-order valence-corrected chi connectivity index (χ1v) is 10.1. The zero-order valence-electron chi connectivity index (χ0n) is 16.8. The van der Waals surface area contributed by atoms with E-state index in [1.54, 1.807) is 0 Å². The van der Waals surface area contributed by atoms with Gasteiger partial charge in [-0.25, -0.2) is 0 Å². The average Bonchev–Trinajstić information content (AvgIpc) is 2.36. The number of hydrogen-bond donors (Lipinski definition) is 0. The fourth-order valence-corrected chi connectivity index (χ4v) is 3.20. The second-order valence-electron chi connectivity index (χ2n) is 6.32. The molecule has 0 bridgehead atoms. The van der Waals surface area contributed by atoms with Gasteiger partial charge in [0.05, 0.1) is 0 Å². The quantitative estimate of drug-likeness (QED) is 0.206. The van der Waals surface area contributed by atoms with Gasteiger partial charge >= 0.3 is 103 Å². The molecule has 25 heavy (non-hydrogen) atoms. The first-order valence-electron chi connectivity index (χ1n) is 8.06. The molecule has 0 aliphatic rings. The molecule has 4 nitrogen and oxygen atoms in total. The molecule has 0 saturated heterocycles. The zero-order valence-corrected chi connectivity index (χ0v) is 23.9. The van der Waals surface area contributed by atoms with E-state index in [-0.39, 0.29) is 109 Å². The van der Waals surface area contributed by atoms with Gasteiger partial charge in [-0.2, -0.15) is 0 Å². The first kappa shape index (κ1) is 31.8. The second-order valence-corrected chi connectivity index (χ2v) is 8.71. The molecule has 0 amide bonds. The van der Waals surface area contributed by atoms with Crippen LogP contribution in [-0.2, 0) is 9.36 Å². The summed E-state index contributed by atoms with van der Waals surface area (Å²) in [5, 5.41) is 10.3. The van der Waals surface area contributed by atoms with Gasteiger partial charge in [-0.3, -0.25) is 0 Å². The van der Waals surface area contributed by atoms with Crippen LogP contribution in [0.2, 0.25) is 0 Å². The monoisotopic (exact) mass is 418 g/mol. The van der Waals surface area contributed by atoms with Crippen molar-refractivity contribution in [2.24, 2.45) is 0 Å². The number of rotatable bonds is 11. The Balaban J connectivity index is -0.00000242. The van der Waals surface area contributed by atoms with Crippen LogP contribution in [-0.4, -0.2) is 18.3 Å². The van der Waals surface area contributed by atoms with E-state index in [4.69, 9.17) is 0 Å². The molecule has 0 radical (unpaired) electrons. The normalized spacial score (nSPS) is 14.0. The number of allylic oxidation sites excluding steroid dienone is 6. The Morgan fingerprint density at radius 3 is 1.76 bits per heavy atom. The number of aliphatic carboxylic acids is 1. The number of carbonyl (C=O) groups excluding carboxylic acids is 1. The van der Waals surface area contributed by atoms with Gasteiger partial charge in [-0.15, -0.1) is 0 Å². The molecule has 7 heteroatoms. The van der Waals surface area contributed by atoms with Crippen molar-refractivity contribution in [2.75, 3.05) is 12.3 Å². The van der Waals surface area contributed by atoms with Crippen LogP contribution in [0.15, 0.2) is 34.9 Å². The Morgan fingerprint density at radius 1 is 0.880 bits per heavy atom. The molecule has 0 spiro atoms. The third kappa shape index (κ3) is 22.3. The number of carbonyl (C=O) groups is 1. The molecule has 1 unspecified atom stereocenters. The molecule has 0 N–H and O–H groups in total. The molecular formula is C18H29K2O4P. The van der Waals surface area contributed by atoms with E-state index < -0.39 is 19.5 Å². The second kappa shape index (κ2) is 18.2. The molecule has 0 fully saturated rings. The van der Waals surface area contributed by atoms with Crippen molar-refractivity contribution in [1.29, 1.82) is 0 Å². The predicted molar refractivity (Wildman–Crippen MR) is 92.4 cm³/mol. The minimum atomic E-state index is -3.84. The third-order valence-corrected chi connectivity index (χ3v) is 5.13. The van der Waals surface area contributed by atoms with E-state index in [0.717, 1.165) is 31.3 Å². The van der Waals surface area contributed by atoms with Crippen LogP contribution < -0.4 is 113 Å². The molecule has 0 heterocycles. The van der Waals surface area contributed by atoms with Gasteiger partial charge in [0, 0.05) is 19.5 Å². The summed E-state index contributed by atoms with van der Waals surface area (Å²) in [7, 11) is -3.84. The molecule has 0 aromatic rings. The van der Waals surface area contributed by atoms with E-state index in [1.165, 1.54) is 11.1 Å². The third-order valence-electron chi connectivity index (χ3n) is 3.46. The van der Waals surface area contributed by atoms with Crippen LogP contribution in [0, 0.1) is 0 Å². The maximum absolute atomic E-state index is 11.4. The Morgan fingerprint density at radius 2 is 1.32 bits per heavy atom. The van der Waals surface area contributed by atoms with Gasteiger partial charge in [0.2, 0.25) is 0 Å². The van der Waals surface area contributed by atoms with Crippen molar-refractivity contribution in [3.8, 4) is 0 Å². The molecule has 132 valence electrons. The van der Waals surface area contributed by atoms with Crippen LogP contribution in [0.5, 0.6) is 0 Å². The number of carboxylic acids is 1. The van der Waals surface area contributed by atoms with E-state index in [1.807, 2.05) is 13.0 Å². The van der Waals surface area contributed by atoms with Crippen LogP contribution in [0.25, 0.3) is 0 Å². The van der Waals surface area contributed by atoms with Crippen molar-refractivity contribution >= 4 is 13.3 Å². The largest absolute Gasteiger partial charge is 1.00 e.